The van der Waals surface area contributed by atoms with E-state index in [1.165, 1.54) is 19.3 Å². The van der Waals surface area contributed by atoms with Crippen LogP contribution in [0.5, 0.6) is 0 Å². The van der Waals surface area contributed by atoms with Crippen molar-refractivity contribution in [3.05, 3.63) is 0 Å². The van der Waals surface area contributed by atoms with Crippen molar-refractivity contribution in [2.24, 2.45) is 34.5 Å². The third-order valence-corrected chi connectivity index (χ3v) is 8.54. The van der Waals surface area contributed by atoms with Gasteiger partial charge in [0.05, 0.1) is 12.2 Å². The Morgan fingerprint density at radius 2 is 1.83 bits per heavy atom. The highest BCUT2D eigenvalue weighted by Gasteiger charge is 2.61. The first-order chi connectivity index (χ1) is 10.9. The van der Waals surface area contributed by atoms with Gasteiger partial charge in [0.2, 0.25) is 0 Å². The first kappa shape index (κ1) is 16.1. The van der Waals surface area contributed by atoms with E-state index in [-0.39, 0.29) is 23.0 Å². The second-order valence-electron chi connectivity index (χ2n) is 9.49. The average molecular weight is 320 g/mol. The van der Waals surface area contributed by atoms with Crippen LogP contribution in [0.15, 0.2) is 0 Å². The largest absolute Gasteiger partial charge is 0.390 e. The number of hydrogen-bond acceptors (Lipinski definition) is 3. The molecule has 130 valence electrons. The van der Waals surface area contributed by atoms with Crippen LogP contribution in [-0.4, -0.2) is 30.2 Å². The number of carbonyl (C=O) groups is 1. The molecule has 3 unspecified atom stereocenters. The summed E-state index contributed by atoms with van der Waals surface area (Å²) in [5.74, 6) is 3.03. The smallest absolute Gasteiger partial charge is 0.133 e. The predicted octanol–water partition coefficient (Wildman–Crippen LogP) is 3.58. The number of methoxy groups -OCH3 is 1. The van der Waals surface area contributed by atoms with Crippen molar-refractivity contribution in [2.45, 2.75) is 77.4 Å². The van der Waals surface area contributed by atoms with Crippen molar-refractivity contribution in [1.29, 1.82) is 0 Å². The first-order valence-corrected chi connectivity index (χ1v) is 9.61. The highest BCUT2D eigenvalue weighted by molar-refractivity contribution is 5.82. The van der Waals surface area contributed by atoms with Crippen LogP contribution in [0.2, 0.25) is 0 Å². The lowest BCUT2D eigenvalue weighted by Gasteiger charge is -2.61. The average Bonchev–Trinajstić information content (AvgIpc) is 2.82. The Hall–Kier alpha value is -0.410. The Kier molecular flexibility index (Phi) is 3.70. The van der Waals surface area contributed by atoms with Gasteiger partial charge in [0.1, 0.15) is 5.78 Å². The molecule has 0 aromatic rings. The van der Waals surface area contributed by atoms with Gasteiger partial charge >= 0.3 is 0 Å². The summed E-state index contributed by atoms with van der Waals surface area (Å²) < 4.78 is 5.74. The molecule has 0 heterocycles. The normalized spacial score (nSPS) is 55.9. The van der Waals surface area contributed by atoms with Crippen LogP contribution in [-0.2, 0) is 9.53 Å². The number of rotatable bonds is 1. The highest BCUT2D eigenvalue weighted by Crippen LogP contribution is 2.65. The minimum atomic E-state index is -0.295. The van der Waals surface area contributed by atoms with Crippen molar-refractivity contribution in [2.75, 3.05) is 7.11 Å². The summed E-state index contributed by atoms with van der Waals surface area (Å²) in [4.78, 5) is 12.1. The molecule has 0 saturated heterocycles. The lowest BCUT2D eigenvalue weighted by Crippen LogP contribution is -2.58. The molecule has 0 aliphatic heterocycles. The van der Waals surface area contributed by atoms with E-state index in [2.05, 4.69) is 13.8 Å². The van der Waals surface area contributed by atoms with Gasteiger partial charge in [0.15, 0.2) is 0 Å². The molecule has 4 fully saturated rings. The third-order valence-electron chi connectivity index (χ3n) is 8.54. The van der Waals surface area contributed by atoms with E-state index in [4.69, 9.17) is 4.74 Å². The van der Waals surface area contributed by atoms with E-state index in [1.54, 1.807) is 7.11 Å². The first-order valence-electron chi connectivity index (χ1n) is 9.61. The van der Waals surface area contributed by atoms with Crippen LogP contribution in [0, 0.1) is 34.5 Å². The molecule has 0 spiro atoms. The Labute approximate surface area is 140 Å². The summed E-state index contributed by atoms with van der Waals surface area (Å²) in [7, 11) is 1.76. The fraction of sp³-hybridized carbons (Fsp3) is 0.950. The lowest BCUT2D eigenvalue weighted by molar-refractivity contribution is -0.179. The van der Waals surface area contributed by atoms with Gasteiger partial charge < -0.3 is 9.84 Å². The second kappa shape index (κ2) is 5.29. The van der Waals surface area contributed by atoms with E-state index in [0.717, 1.165) is 38.0 Å². The van der Waals surface area contributed by atoms with E-state index in [0.29, 0.717) is 23.5 Å². The molecule has 4 rings (SSSR count). The molecule has 8 atom stereocenters. The minimum Gasteiger partial charge on any atom is -0.390 e. The quantitative estimate of drug-likeness (QED) is 0.803. The van der Waals surface area contributed by atoms with Crippen LogP contribution in [0.4, 0.5) is 0 Å². The number of ether oxygens (including phenoxy) is 1. The topological polar surface area (TPSA) is 46.5 Å². The fourth-order valence-corrected chi connectivity index (χ4v) is 7.39. The zero-order chi connectivity index (χ0) is 16.4. The van der Waals surface area contributed by atoms with E-state index >= 15 is 0 Å². The molecule has 0 bridgehead atoms. The lowest BCUT2D eigenvalue weighted by atomic mass is 9.45. The van der Waals surface area contributed by atoms with Crippen molar-refractivity contribution >= 4 is 5.78 Å². The van der Waals surface area contributed by atoms with Gasteiger partial charge in [-0.05, 0) is 73.0 Å². The number of aliphatic hydroxyl groups is 1. The van der Waals surface area contributed by atoms with Crippen LogP contribution < -0.4 is 0 Å². The van der Waals surface area contributed by atoms with Gasteiger partial charge in [0.25, 0.3) is 0 Å². The van der Waals surface area contributed by atoms with Gasteiger partial charge in [0, 0.05) is 20.0 Å². The summed E-state index contributed by atoms with van der Waals surface area (Å²) in [6, 6.07) is 0. The van der Waals surface area contributed by atoms with E-state index < -0.39 is 0 Å². The minimum absolute atomic E-state index is 0.00761. The van der Waals surface area contributed by atoms with Gasteiger partial charge in [-0.15, -0.1) is 0 Å². The number of Topliss-reactive ketones (excluding diaryl/α,β-unsaturated/α-hetero) is 1. The summed E-state index contributed by atoms with van der Waals surface area (Å²) in [6.07, 6.45) is 8.23. The second-order valence-corrected chi connectivity index (χ2v) is 9.49. The predicted molar refractivity (Wildman–Crippen MR) is 88.9 cm³/mol. The molecule has 0 aromatic heterocycles. The summed E-state index contributed by atoms with van der Waals surface area (Å²) in [5.41, 5.74) is 0.562. The standard InChI is InChI=1S/C20H32O3/c1-19-8-6-14-13(16(19)10-12(21)11-19)4-5-15-18(23-3)17(22)7-9-20(14,15)2/h13-18,22H,4-11H2,1-3H3/t13-,14+,15?,16+,17?,18?,19-,20-/m1/s1. The van der Waals surface area contributed by atoms with Crippen molar-refractivity contribution in [1.82, 2.24) is 0 Å². The zero-order valence-electron chi connectivity index (χ0n) is 14.9. The molecule has 4 aliphatic carbocycles. The fourth-order valence-electron chi connectivity index (χ4n) is 7.39. The Morgan fingerprint density at radius 1 is 1.04 bits per heavy atom. The third kappa shape index (κ3) is 2.18. The maximum absolute atomic E-state index is 12.1. The monoisotopic (exact) mass is 320 g/mol. The van der Waals surface area contributed by atoms with E-state index in [1.807, 2.05) is 0 Å². The van der Waals surface area contributed by atoms with Gasteiger partial charge in [-0.3, -0.25) is 4.79 Å². The Morgan fingerprint density at radius 3 is 2.57 bits per heavy atom. The molecular weight excluding hydrogens is 288 g/mol. The zero-order valence-corrected chi connectivity index (χ0v) is 14.9. The molecule has 3 nitrogen and oxygen atoms in total. The summed E-state index contributed by atoms with van der Waals surface area (Å²) >= 11 is 0. The van der Waals surface area contributed by atoms with Gasteiger partial charge in [-0.2, -0.15) is 0 Å². The molecule has 4 aliphatic rings. The molecule has 0 amide bonds. The van der Waals surface area contributed by atoms with Crippen LogP contribution in [0.25, 0.3) is 0 Å². The molecule has 1 N–H and O–H groups in total. The molecule has 0 aromatic carbocycles. The number of ketones is 1. The van der Waals surface area contributed by atoms with Gasteiger partial charge in [-0.25, -0.2) is 0 Å². The number of aliphatic hydroxyl groups excluding tert-OH is 1. The maximum Gasteiger partial charge on any atom is 0.133 e. The molecule has 23 heavy (non-hydrogen) atoms. The van der Waals surface area contributed by atoms with Crippen molar-refractivity contribution in [3.8, 4) is 0 Å². The van der Waals surface area contributed by atoms with Crippen LogP contribution in [0.1, 0.15) is 65.2 Å². The SMILES string of the molecule is COC1C(O)CC[C@@]2(C)C1CC[C@H]1[C@@H]3CC(=O)C[C@@]3(C)CC[C@@H]12. The number of hydrogen-bond donors (Lipinski definition) is 1. The Balaban J connectivity index is 1.64. The molecule has 4 saturated carbocycles. The van der Waals surface area contributed by atoms with Crippen molar-refractivity contribution < 1.29 is 14.6 Å². The van der Waals surface area contributed by atoms with E-state index in [9.17, 15) is 9.90 Å². The number of fused-ring (bicyclic) bond motifs is 5. The molecule has 0 radical (unpaired) electrons. The molecule has 3 heteroatoms. The maximum atomic E-state index is 12.1. The van der Waals surface area contributed by atoms with Crippen LogP contribution in [0.3, 0.4) is 0 Å². The molecular formula is C20H32O3. The summed E-state index contributed by atoms with van der Waals surface area (Å²) in [5, 5.41) is 10.4. The Bertz CT molecular complexity index is 503. The number of carbonyl (C=O) groups excluding carboxylic acids is 1. The summed E-state index contributed by atoms with van der Waals surface area (Å²) in [6.45, 7) is 4.83. The van der Waals surface area contributed by atoms with Gasteiger partial charge in [-0.1, -0.05) is 13.8 Å². The highest BCUT2D eigenvalue weighted by atomic mass is 16.5. The van der Waals surface area contributed by atoms with Crippen molar-refractivity contribution in [3.63, 3.8) is 0 Å². The van der Waals surface area contributed by atoms with Crippen LogP contribution >= 0.6 is 0 Å².